The zero-order valence-electron chi connectivity index (χ0n) is 15.7. The highest BCUT2D eigenvalue weighted by Crippen LogP contribution is 2.31. The summed E-state index contributed by atoms with van der Waals surface area (Å²) in [7, 11) is 0.545. The molecular formula is C19H20ClN3O3S2. The molecule has 0 aliphatic carbocycles. The predicted molar refractivity (Wildman–Crippen MR) is 114 cm³/mol. The first-order valence-corrected chi connectivity index (χ1v) is 11.6. The van der Waals surface area contributed by atoms with E-state index in [1.165, 1.54) is 23.7 Å². The third-order valence-corrected chi connectivity index (χ3v) is 6.48. The minimum Gasteiger partial charge on any atom is -0.308 e. The summed E-state index contributed by atoms with van der Waals surface area (Å²) < 4.78 is 24.4. The maximum atomic E-state index is 13.1. The Bertz CT molecular complexity index is 1130. The second-order valence-electron chi connectivity index (χ2n) is 6.67. The van der Waals surface area contributed by atoms with Gasteiger partial charge < -0.3 is 4.90 Å². The van der Waals surface area contributed by atoms with Crippen LogP contribution < -0.4 is 4.90 Å². The van der Waals surface area contributed by atoms with Crippen molar-refractivity contribution in [3.63, 3.8) is 0 Å². The van der Waals surface area contributed by atoms with Crippen molar-refractivity contribution in [2.45, 2.75) is 4.90 Å². The summed E-state index contributed by atoms with van der Waals surface area (Å²) in [6.45, 7) is 1.09. The van der Waals surface area contributed by atoms with E-state index in [1.807, 2.05) is 19.0 Å². The van der Waals surface area contributed by atoms with Crippen molar-refractivity contribution in [2.75, 3.05) is 38.3 Å². The van der Waals surface area contributed by atoms with Gasteiger partial charge in [0.05, 0.1) is 15.1 Å². The van der Waals surface area contributed by atoms with Crippen molar-refractivity contribution in [1.29, 1.82) is 0 Å². The minimum absolute atomic E-state index is 0.202. The molecule has 0 spiro atoms. The molecule has 28 heavy (non-hydrogen) atoms. The van der Waals surface area contributed by atoms with Crippen LogP contribution in [0.3, 0.4) is 0 Å². The molecule has 1 heterocycles. The molecular weight excluding hydrogens is 418 g/mol. The first-order valence-electron chi connectivity index (χ1n) is 8.48. The van der Waals surface area contributed by atoms with E-state index in [0.717, 1.165) is 0 Å². The van der Waals surface area contributed by atoms with E-state index in [9.17, 15) is 13.2 Å². The van der Waals surface area contributed by atoms with Crippen LogP contribution in [0.5, 0.6) is 0 Å². The van der Waals surface area contributed by atoms with Gasteiger partial charge >= 0.3 is 0 Å². The lowest BCUT2D eigenvalue weighted by molar-refractivity contribution is 0.0985. The lowest BCUT2D eigenvalue weighted by Crippen LogP contribution is -2.36. The summed E-state index contributed by atoms with van der Waals surface area (Å²) in [6.07, 6.45) is 1.17. The smallest absolute Gasteiger partial charge is 0.260 e. The van der Waals surface area contributed by atoms with Gasteiger partial charge in [-0.05, 0) is 50.5 Å². The van der Waals surface area contributed by atoms with E-state index >= 15 is 0 Å². The third-order valence-electron chi connectivity index (χ3n) is 4.10. The SMILES string of the molecule is CN(C)CCN(C(=O)c1cccc(Cl)c1)c1nc2ccc(S(C)(=O)=O)cc2s1. The summed E-state index contributed by atoms with van der Waals surface area (Å²) in [6, 6.07) is 11.6. The average molecular weight is 438 g/mol. The van der Waals surface area contributed by atoms with Crippen LogP contribution >= 0.6 is 22.9 Å². The number of anilines is 1. The average Bonchev–Trinajstić information content (AvgIpc) is 3.03. The van der Waals surface area contributed by atoms with Crippen LogP contribution in [0, 0.1) is 0 Å². The molecule has 2 aromatic carbocycles. The highest BCUT2D eigenvalue weighted by molar-refractivity contribution is 7.90. The van der Waals surface area contributed by atoms with Crippen LogP contribution in [-0.2, 0) is 9.84 Å². The fourth-order valence-electron chi connectivity index (χ4n) is 2.60. The largest absolute Gasteiger partial charge is 0.308 e. The van der Waals surface area contributed by atoms with Crippen LogP contribution in [0.2, 0.25) is 5.02 Å². The van der Waals surface area contributed by atoms with E-state index in [-0.39, 0.29) is 10.8 Å². The fourth-order valence-corrected chi connectivity index (χ4v) is 4.54. The molecule has 1 amide bonds. The number of aromatic nitrogens is 1. The summed E-state index contributed by atoms with van der Waals surface area (Å²) in [5, 5.41) is 1.01. The molecule has 6 nitrogen and oxygen atoms in total. The zero-order chi connectivity index (χ0) is 20.5. The van der Waals surface area contributed by atoms with E-state index in [4.69, 9.17) is 11.6 Å². The van der Waals surface area contributed by atoms with E-state index < -0.39 is 9.84 Å². The van der Waals surface area contributed by atoms with E-state index in [2.05, 4.69) is 4.98 Å². The van der Waals surface area contributed by atoms with Crippen molar-refractivity contribution in [2.24, 2.45) is 0 Å². The van der Waals surface area contributed by atoms with Crippen LogP contribution in [0.1, 0.15) is 10.4 Å². The Kier molecular flexibility index (Phi) is 6.04. The van der Waals surface area contributed by atoms with Crippen LogP contribution in [0.25, 0.3) is 10.2 Å². The second kappa shape index (κ2) is 8.16. The first-order chi connectivity index (χ1) is 13.1. The molecule has 0 fully saturated rings. The molecule has 0 saturated heterocycles. The molecule has 0 saturated carbocycles. The number of hydrogen-bond acceptors (Lipinski definition) is 6. The topological polar surface area (TPSA) is 70.6 Å². The predicted octanol–water partition coefficient (Wildman–Crippen LogP) is 3.56. The van der Waals surface area contributed by atoms with Crippen molar-refractivity contribution in [3.05, 3.63) is 53.1 Å². The fraction of sp³-hybridized carbons (Fsp3) is 0.263. The van der Waals surface area contributed by atoms with E-state index in [1.54, 1.807) is 41.3 Å². The standard InChI is InChI=1S/C19H20ClN3O3S2/c1-22(2)9-10-23(18(24)13-5-4-6-14(20)11-13)19-21-16-8-7-15(28(3,25)26)12-17(16)27-19/h4-8,11-12H,9-10H2,1-3H3. The molecule has 9 heteroatoms. The number of rotatable bonds is 6. The van der Waals surface area contributed by atoms with E-state index in [0.29, 0.717) is 39.0 Å². The molecule has 0 aliphatic heterocycles. The molecule has 0 aliphatic rings. The molecule has 3 aromatic rings. The Morgan fingerprint density at radius 2 is 1.89 bits per heavy atom. The highest BCUT2D eigenvalue weighted by Gasteiger charge is 2.22. The Morgan fingerprint density at radius 3 is 2.54 bits per heavy atom. The minimum atomic E-state index is -3.31. The number of carbonyl (C=O) groups is 1. The normalized spacial score (nSPS) is 11.9. The van der Waals surface area contributed by atoms with Gasteiger partial charge in [-0.25, -0.2) is 13.4 Å². The summed E-state index contributed by atoms with van der Waals surface area (Å²) in [4.78, 5) is 21.5. The Morgan fingerprint density at radius 1 is 1.14 bits per heavy atom. The number of benzene rings is 2. The van der Waals surface area contributed by atoms with Crippen LogP contribution in [0.4, 0.5) is 5.13 Å². The number of likely N-dealkylation sites (N-methyl/N-ethyl adjacent to an activating group) is 1. The Hall–Kier alpha value is -2.00. The van der Waals surface area contributed by atoms with Gasteiger partial charge in [0.2, 0.25) is 0 Å². The number of halogens is 1. The number of thiazole rings is 1. The Labute approximate surface area is 173 Å². The maximum Gasteiger partial charge on any atom is 0.260 e. The number of nitrogens with zero attached hydrogens (tertiary/aromatic N) is 3. The summed E-state index contributed by atoms with van der Waals surface area (Å²) in [5.41, 5.74) is 1.13. The second-order valence-corrected chi connectivity index (χ2v) is 10.1. The van der Waals surface area contributed by atoms with Gasteiger partial charge in [0.15, 0.2) is 15.0 Å². The number of amides is 1. The zero-order valence-corrected chi connectivity index (χ0v) is 18.1. The van der Waals surface area contributed by atoms with Gasteiger partial charge in [0.25, 0.3) is 5.91 Å². The molecule has 0 unspecified atom stereocenters. The van der Waals surface area contributed by atoms with Gasteiger partial charge in [-0.3, -0.25) is 9.69 Å². The summed E-state index contributed by atoms with van der Waals surface area (Å²) >= 11 is 7.34. The highest BCUT2D eigenvalue weighted by atomic mass is 35.5. The molecule has 3 rings (SSSR count). The molecule has 148 valence electrons. The third kappa shape index (κ3) is 4.70. The van der Waals surface area contributed by atoms with Crippen LogP contribution in [0.15, 0.2) is 47.4 Å². The van der Waals surface area contributed by atoms with Gasteiger partial charge in [-0.15, -0.1) is 0 Å². The van der Waals surface area contributed by atoms with Crippen molar-refractivity contribution in [3.8, 4) is 0 Å². The lowest BCUT2D eigenvalue weighted by atomic mass is 10.2. The Balaban J connectivity index is 2.03. The molecule has 0 radical (unpaired) electrons. The maximum absolute atomic E-state index is 13.1. The number of hydrogen-bond donors (Lipinski definition) is 0. The van der Waals surface area contributed by atoms with Gasteiger partial charge in [-0.1, -0.05) is 29.0 Å². The van der Waals surface area contributed by atoms with Gasteiger partial charge in [0, 0.05) is 29.9 Å². The lowest BCUT2D eigenvalue weighted by Gasteiger charge is -2.22. The number of sulfone groups is 1. The number of fused-ring (bicyclic) bond motifs is 1. The monoisotopic (exact) mass is 437 g/mol. The molecule has 0 bridgehead atoms. The number of carbonyl (C=O) groups excluding carboxylic acids is 1. The quantitative estimate of drug-likeness (QED) is 0.589. The summed E-state index contributed by atoms with van der Waals surface area (Å²) in [5.74, 6) is -0.202. The molecule has 1 aromatic heterocycles. The van der Waals surface area contributed by atoms with Gasteiger partial charge in [-0.2, -0.15) is 0 Å². The first kappa shape index (κ1) is 20.7. The molecule has 0 atom stereocenters. The van der Waals surface area contributed by atoms with Crippen LogP contribution in [-0.4, -0.2) is 57.6 Å². The van der Waals surface area contributed by atoms with Gasteiger partial charge in [0.1, 0.15) is 0 Å². The van der Waals surface area contributed by atoms with Crippen molar-refractivity contribution < 1.29 is 13.2 Å². The van der Waals surface area contributed by atoms with Crippen molar-refractivity contribution in [1.82, 2.24) is 9.88 Å². The van der Waals surface area contributed by atoms with Crippen molar-refractivity contribution >= 4 is 54.0 Å². The molecule has 0 N–H and O–H groups in total.